The zero-order valence-electron chi connectivity index (χ0n) is 21.4. The Kier molecular flexibility index (Phi) is 9.11. The van der Waals surface area contributed by atoms with Crippen LogP contribution in [0.25, 0.3) is 11.1 Å². The first-order chi connectivity index (χ1) is 17.5. The van der Waals surface area contributed by atoms with Crippen molar-refractivity contribution < 1.29 is 35.1 Å². The van der Waals surface area contributed by atoms with E-state index in [1.54, 1.807) is 42.5 Å². The highest BCUT2D eigenvalue weighted by Gasteiger charge is 2.65. The van der Waals surface area contributed by atoms with Crippen LogP contribution < -0.4 is 10.1 Å². The zero-order chi connectivity index (χ0) is 27.3. The van der Waals surface area contributed by atoms with E-state index in [-0.39, 0.29) is 11.7 Å². The van der Waals surface area contributed by atoms with Gasteiger partial charge in [-0.05, 0) is 35.4 Å². The van der Waals surface area contributed by atoms with Crippen molar-refractivity contribution in [3.63, 3.8) is 0 Å². The van der Waals surface area contributed by atoms with Crippen LogP contribution in [0, 0.1) is 5.92 Å². The van der Waals surface area contributed by atoms with Crippen molar-refractivity contribution in [2.75, 3.05) is 47.9 Å². The van der Waals surface area contributed by atoms with Crippen LogP contribution in [-0.2, 0) is 0 Å². The predicted octanol–water partition coefficient (Wildman–Crippen LogP) is -0.665. The lowest BCUT2D eigenvalue weighted by Crippen LogP contribution is -2.76. The number of hydrogen-bond acceptors (Lipinski definition) is 8. The summed E-state index contributed by atoms with van der Waals surface area (Å²) in [5.74, 6) is -0.343. The van der Waals surface area contributed by atoms with Gasteiger partial charge in [-0.2, -0.15) is 0 Å². The number of benzene rings is 2. The van der Waals surface area contributed by atoms with Crippen molar-refractivity contribution in [2.45, 2.75) is 24.1 Å². The maximum Gasteiger partial charge on any atom is 0.251 e. The van der Waals surface area contributed by atoms with Gasteiger partial charge >= 0.3 is 0 Å². The summed E-state index contributed by atoms with van der Waals surface area (Å²) >= 11 is 0. The van der Waals surface area contributed by atoms with Gasteiger partial charge in [0.25, 0.3) is 5.91 Å². The first kappa shape index (κ1) is 28.4. The minimum absolute atomic E-state index is 0.208. The molecule has 5 unspecified atom stereocenters. The third kappa shape index (κ3) is 6.03. The van der Waals surface area contributed by atoms with Crippen LogP contribution in [0.15, 0.2) is 53.5 Å². The molecule has 0 saturated heterocycles. The molecule has 0 heterocycles. The average molecular weight is 517 g/mol. The largest absolute Gasteiger partial charge is 0.462 e. The molecule has 0 spiro atoms. The Labute approximate surface area is 216 Å². The third-order valence-electron chi connectivity index (χ3n) is 6.41. The molecule has 1 aliphatic rings. The molecule has 2 aromatic carbocycles. The van der Waals surface area contributed by atoms with E-state index in [1.807, 2.05) is 44.1 Å². The van der Waals surface area contributed by atoms with Crippen molar-refractivity contribution in [3.05, 3.63) is 54.1 Å². The molecule has 0 radical (unpaired) electrons. The van der Waals surface area contributed by atoms with E-state index < -0.39 is 36.6 Å². The van der Waals surface area contributed by atoms with Crippen molar-refractivity contribution in [1.29, 1.82) is 0 Å². The van der Waals surface area contributed by atoms with Crippen molar-refractivity contribution in [2.24, 2.45) is 10.9 Å². The maximum absolute atomic E-state index is 12.6. The Morgan fingerprint density at radius 3 is 2.32 bits per heavy atom. The number of nitrogens with zero attached hydrogens (tertiary/aromatic N) is 3. The number of aliphatic imine (C=N–C) groups is 1. The number of aliphatic hydroxyl groups excluding tert-OH is 4. The van der Waals surface area contributed by atoms with Gasteiger partial charge in [0.15, 0.2) is 11.6 Å². The lowest BCUT2D eigenvalue weighted by Gasteiger charge is -2.53. The maximum atomic E-state index is 12.6. The fourth-order valence-corrected chi connectivity index (χ4v) is 4.35. The summed E-state index contributed by atoms with van der Waals surface area (Å²) in [6.07, 6.45) is -4.87. The normalized spacial score (nSPS) is 23.4. The number of carbonyl (C=O) groups is 1. The van der Waals surface area contributed by atoms with Gasteiger partial charge in [0.05, 0.1) is 19.3 Å². The smallest absolute Gasteiger partial charge is 0.251 e. The number of hydrogen-bond donors (Lipinski definition) is 6. The van der Waals surface area contributed by atoms with Gasteiger partial charge in [0.1, 0.15) is 11.9 Å². The molecule has 1 saturated carbocycles. The van der Waals surface area contributed by atoms with E-state index in [2.05, 4.69) is 10.3 Å². The summed E-state index contributed by atoms with van der Waals surface area (Å²) in [6, 6.07) is 13.7. The molecule has 0 aromatic heterocycles. The quantitative estimate of drug-likeness (QED) is 0.110. The predicted molar refractivity (Wildman–Crippen MR) is 138 cm³/mol. The summed E-state index contributed by atoms with van der Waals surface area (Å²) in [7, 11) is 7.62. The molecule has 37 heavy (non-hydrogen) atoms. The first-order valence-corrected chi connectivity index (χ1v) is 11.9. The highest BCUT2D eigenvalue weighted by atomic mass is 16.6. The van der Waals surface area contributed by atoms with Crippen LogP contribution in [0.4, 0.5) is 0 Å². The molecular weight excluding hydrogens is 480 g/mol. The molecule has 0 aliphatic heterocycles. The molecule has 1 aliphatic carbocycles. The van der Waals surface area contributed by atoms with Crippen LogP contribution in [0.2, 0.25) is 0 Å². The van der Waals surface area contributed by atoms with E-state index >= 15 is 0 Å². The van der Waals surface area contributed by atoms with E-state index in [9.17, 15) is 30.3 Å². The van der Waals surface area contributed by atoms with E-state index in [1.165, 1.54) is 0 Å². The van der Waals surface area contributed by atoms with Gasteiger partial charge in [0, 0.05) is 46.2 Å². The number of nitrogens with one attached hydrogen (secondary N) is 1. The number of ether oxygens (including phenoxy) is 1. The van der Waals surface area contributed by atoms with Crippen molar-refractivity contribution in [1.82, 2.24) is 15.1 Å². The minimum atomic E-state index is -2.19. The molecule has 5 atom stereocenters. The number of carbonyl (C=O) groups excluding carboxylic acids is 1. The Morgan fingerprint density at radius 2 is 1.73 bits per heavy atom. The van der Waals surface area contributed by atoms with Crippen molar-refractivity contribution >= 4 is 11.9 Å². The lowest BCUT2D eigenvalue weighted by molar-refractivity contribution is -0.332. The number of amides is 1. The summed E-state index contributed by atoms with van der Waals surface area (Å²) in [5, 5.41) is 52.6. The topological polar surface area (TPSA) is 158 Å². The SMILES string of the molecule is CN(C)C(=NCCNC(=O)c1cccc(-c2ccc(OC(O)C3(O)C(O)C(O)C3CO)cc2)c1)N(C)C. The van der Waals surface area contributed by atoms with Crippen LogP contribution >= 0.6 is 0 Å². The average Bonchev–Trinajstić information content (AvgIpc) is 2.88. The minimum Gasteiger partial charge on any atom is -0.462 e. The van der Waals surface area contributed by atoms with Gasteiger partial charge in [-0.3, -0.25) is 9.79 Å². The van der Waals surface area contributed by atoms with E-state index in [0.29, 0.717) is 18.7 Å². The van der Waals surface area contributed by atoms with Crippen molar-refractivity contribution in [3.8, 4) is 16.9 Å². The second-order valence-electron chi connectivity index (χ2n) is 9.41. The monoisotopic (exact) mass is 516 g/mol. The number of aliphatic hydroxyl groups is 5. The fraction of sp³-hybridized carbons (Fsp3) is 0.462. The molecule has 11 heteroatoms. The second kappa shape index (κ2) is 11.9. The Hall–Kier alpha value is -3.22. The Balaban J connectivity index is 1.61. The summed E-state index contributed by atoms with van der Waals surface area (Å²) in [4.78, 5) is 20.9. The Morgan fingerprint density at radius 1 is 1.08 bits per heavy atom. The standard InChI is InChI=1S/C26H36N4O7/c1-29(2)25(30(3)4)28-13-12-27-23(34)18-7-5-6-17(14-18)16-8-10-19(11-9-16)37-24(35)26(36)20(15-31)21(32)22(26)33/h5-11,14,20-22,24,31-33,35-36H,12-13,15H2,1-4H3,(H,27,34). The van der Waals surface area contributed by atoms with Crippen LogP contribution in [-0.4, -0.2) is 119 Å². The fourth-order valence-electron chi connectivity index (χ4n) is 4.35. The Bertz CT molecular complexity index is 1080. The molecular formula is C26H36N4O7. The summed E-state index contributed by atoms with van der Waals surface area (Å²) in [6.45, 7) is 0.199. The van der Waals surface area contributed by atoms with Gasteiger partial charge in [0.2, 0.25) is 6.29 Å². The highest BCUT2D eigenvalue weighted by molar-refractivity contribution is 5.95. The van der Waals surface area contributed by atoms with Crippen LogP contribution in [0.5, 0.6) is 5.75 Å². The lowest BCUT2D eigenvalue weighted by atomic mass is 9.64. The van der Waals surface area contributed by atoms with Gasteiger partial charge in [-0.1, -0.05) is 24.3 Å². The molecule has 2 aromatic rings. The molecule has 0 bridgehead atoms. The zero-order valence-corrected chi connectivity index (χ0v) is 21.4. The van der Waals surface area contributed by atoms with Gasteiger partial charge < -0.3 is 45.4 Å². The van der Waals surface area contributed by atoms with E-state index in [4.69, 9.17) is 4.74 Å². The third-order valence-corrected chi connectivity index (χ3v) is 6.41. The second-order valence-corrected chi connectivity index (χ2v) is 9.41. The molecule has 6 N–H and O–H groups in total. The van der Waals surface area contributed by atoms with E-state index in [0.717, 1.165) is 17.1 Å². The number of guanidine groups is 1. The molecule has 1 fully saturated rings. The number of rotatable bonds is 9. The summed E-state index contributed by atoms with van der Waals surface area (Å²) < 4.78 is 5.37. The first-order valence-electron chi connectivity index (χ1n) is 11.9. The molecule has 11 nitrogen and oxygen atoms in total. The van der Waals surface area contributed by atoms with Crippen LogP contribution in [0.1, 0.15) is 10.4 Å². The van der Waals surface area contributed by atoms with Gasteiger partial charge in [-0.15, -0.1) is 0 Å². The van der Waals surface area contributed by atoms with Crippen LogP contribution in [0.3, 0.4) is 0 Å². The van der Waals surface area contributed by atoms with Gasteiger partial charge in [-0.25, -0.2) is 0 Å². The molecule has 3 rings (SSSR count). The molecule has 1 amide bonds. The molecule has 202 valence electrons. The summed E-state index contributed by atoms with van der Waals surface area (Å²) in [5.41, 5.74) is -0.127. The highest BCUT2D eigenvalue weighted by Crippen LogP contribution is 2.42.